The van der Waals surface area contributed by atoms with Crippen LogP contribution in [-0.2, 0) is 16.0 Å². The molecule has 0 saturated carbocycles. The Balaban J connectivity index is 2.42. The van der Waals surface area contributed by atoms with E-state index in [1.54, 1.807) is 12.1 Å². The van der Waals surface area contributed by atoms with Crippen LogP contribution >= 0.6 is 0 Å². The molecule has 3 nitrogen and oxygen atoms in total. The standard InChI is InChI=1S/C16H10F3NO2S/c17-16(18,19)13-8-6-12(7-9-13)10-15(11-20)23(21,22)14-4-2-1-3-5-14/h1-10H/b15-10-. The van der Waals surface area contributed by atoms with Gasteiger partial charge in [-0.15, -0.1) is 0 Å². The first-order chi connectivity index (χ1) is 10.7. The molecular weight excluding hydrogens is 327 g/mol. The number of nitriles is 1. The number of nitrogens with zero attached hydrogens (tertiary/aromatic N) is 1. The van der Waals surface area contributed by atoms with Crippen molar-refractivity contribution in [1.29, 1.82) is 5.26 Å². The molecule has 2 aromatic carbocycles. The van der Waals surface area contributed by atoms with E-state index in [0.717, 1.165) is 30.3 Å². The van der Waals surface area contributed by atoms with Crippen LogP contribution in [0.2, 0.25) is 0 Å². The average Bonchev–Trinajstić information content (AvgIpc) is 2.53. The molecule has 0 amide bonds. The lowest BCUT2D eigenvalue weighted by Crippen LogP contribution is -2.05. The molecule has 23 heavy (non-hydrogen) atoms. The third kappa shape index (κ3) is 3.79. The number of allylic oxidation sites excluding steroid dienone is 1. The van der Waals surface area contributed by atoms with Gasteiger partial charge >= 0.3 is 6.18 Å². The summed E-state index contributed by atoms with van der Waals surface area (Å²) in [6, 6.07) is 12.8. The molecular formula is C16H10F3NO2S. The summed E-state index contributed by atoms with van der Waals surface area (Å²) in [6.45, 7) is 0. The zero-order valence-corrected chi connectivity index (χ0v) is 12.4. The highest BCUT2D eigenvalue weighted by Crippen LogP contribution is 2.29. The molecule has 0 unspecified atom stereocenters. The smallest absolute Gasteiger partial charge is 0.218 e. The molecule has 0 bridgehead atoms. The van der Waals surface area contributed by atoms with Crippen LogP contribution in [0.15, 0.2) is 64.4 Å². The van der Waals surface area contributed by atoms with Gasteiger partial charge in [0, 0.05) is 0 Å². The molecule has 2 rings (SSSR count). The number of rotatable bonds is 3. The first kappa shape index (κ1) is 16.8. The molecule has 0 aliphatic heterocycles. The van der Waals surface area contributed by atoms with E-state index in [0.29, 0.717) is 0 Å². The van der Waals surface area contributed by atoms with Crippen molar-refractivity contribution in [2.24, 2.45) is 0 Å². The summed E-state index contributed by atoms with van der Waals surface area (Å²) in [6.07, 6.45) is -3.43. The van der Waals surface area contributed by atoms with Gasteiger partial charge in [0.25, 0.3) is 0 Å². The maximum Gasteiger partial charge on any atom is 0.416 e. The fraction of sp³-hybridized carbons (Fsp3) is 0.0625. The molecule has 0 aliphatic rings. The number of halogens is 3. The summed E-state index contributed by atoms with van der Waals surface area (Å²) in [5.74, 6) is 0. The van der Waals surface area contributed by atoms with E-state index in [4.69, 9.17) is 5.26 Å². The third-order valence-electron chi connectivity index (χ3n) is 2.99. The van der Waals surface area contributed by atoms with E-state index in [1.807, 2.05) is 0 Å². The van der Waals surface area contributed by atoms with Crippen molar-refractivity contribution in [1.82, 2.24) is 0 Å². The lowest BCUT2D eigenvalue weighted by atomic mass is 10.1. The average molecular weight is 337 g/mol. The van der Waals surface area contributed by atoms with Crippen LogP contribution in [0.5, 0.6) is 0 Å². The predicted molar refractivity (Wildman–Crippen MR) is 78.7 cm³/mol. The van der Waals surface area contributed by atoms with Crippen molar-refractivity contribution in [2.45, 2.75) is 11.1 Å². The van der Waals surface area contributed by atoms with Gasteiger partial charge in [-0.1, -0.05) is 30.3 Å². The van der Waals surface area contributed by atoms with E-state index in [2.05, 4.69) is 0 Å². The van der Waals surface area contributed by atoms with Crippen LogP contribution in [0.1, 0.15) is 11.1 Å². The van der Waals surface area contributed by atoms with Crippen molar-refractivity contribution in [3.05, 3.63) is 70.6 Å². The molecule has 0 atom stereocenters. The fourth-order valence-electron chi connectivity index (χ4n) is 1.82. The number of sulfone groups is 1. The number of benzene rings is 2. The zero-order valence-electron chi connectivity index (χ0n) is 11.6. The Hall–Kier alpha value is -2.59. The summed E-state index contributed by atoms with van der Waals surface area (Å²) < 4.78 is 62.1. The predicted octanol–water partition coefficient (Wildman–Crippen LogP) is 4.04. The van der Waals surface area contributed by atoms with E-state index < -0.39 is 26.5 Å². The second kappa shape index (κ2) is 6.26. The van der Waals surface area contributed by atoms with Crippen LogP contribution in [0.3, 0.4) is 0 Å². The summed E-state index contributed by atoms with van der Waals surface area (Å²) in [5.41, 5.74) is -0.659. The summed E-state index contributed by atoms with van der Waals surface area (Å²) >= 11 is 0. The van der Waals surface area contributed by atoms with Gasteiger partial charge in [0.05, 0.1) is 10.5 Å². The molecule has 0 aromatic heterocycles. The van der Waals surface area contributed by atoms with E-state index >= 15 is 0 Å². The Morgan fingerprint density at radius 3 is 2.04 bits per heavy atom. The maximum atomic E-state index is 12.5. The van der Waals surface area contributed by atoms with E-state index in [1.165, 1.54) is 24.3 Å². The summed E-state index contributed by atoms with van der Waals surface area (Å²) in [4.78, 5) is -0.594. The Kier molecular flexibility index (Phi) is 4.57. The minimum absolute atomic E-state index is 0.0558. The SMILES string of the molecule is N#C/C(=C/c1ccc(C(F)(F)F)cc1)S(=O)(=O)c1ccccc1. The minimum atomic E-state index is -4.48. The number of hydrogen-bond acceptors (Lipinski definition) is 3. The monoisotopic (exact) mass is 337 g/mol. The highest BCUT2D eigenvalue weighted by atomic mass is 32.2. The van der Waals surface area contributed by atoms with Crippen LogP contribution in [0.25, 0.3) is 6.08 Å². The zero-order chi connectivity index (χ0) is 17.1. The van der Waals surface area contributed by atoms with Crippen molar-refractivity contribution in [3.63, 3.8) is 0 Å². The largest absolute Gasteiger partial charge is 0.416 e. The van der Waals surface area contributed by atoms with Crippen LogP contribution in [0, 0.1) is 11.3 Å². The molecule has 2 aromatic rings. The fourth-order valence-corrected chi connectivity index (χ4v) is 3.00. The number of hydrogen-bond donors (Lipinski definition) is 0. The highest BCUT2D eigenvalue weighted by Gasteiger charge is 2.30. The van der Waals surface area contributed by atoms with Crippen LogP contribution in [-0.4, -0.2) is 8.42 Å². The molecule has 0 fully saturated rings. The Bertz CT molecular complexity index is 862. The van der Waals surface area contributed by atoms with Gasteiger partial charge in [0.15, 0.2) is 0 Å². The summed E-state index contributed by atoms with van der Waals surface area (Å²) in [7, 11) is -4.01. The van der Waals surface area contributed by atoms with Gasteiger partial charge in [-0.25, -0.2) is 8.42 Å². The maximum absolute atomic E-state index is 12.5. The molecule has 7 heteroatoms. The molecule has 0 radical (unpaired) electrons. The van der Waals surface area contributed by atoms with E-state index in [9.17, 15) is 21.6 Å². The van der Waals surface area contributed by atoms with Gasteiger partial charge in [-0.3, -0.25) is 0 Å². The molecule has 0 heterocycles. The lowest BCUT2D eigenvalue weighted by Gasteiger charge is -2.06. The molecule has 118 valence electrons. The highest BCUT2D eigenvalue weighted by molar-refractivity contribution is 7.95. The van der Waals surface area contributed by atoms with Crippen molar-refractivity contribution in [2.75, 3.05) is 0 Å². The van der Waals surface area contributed by atoms with Gasteiger partial charge in [0.2, 0.25) is 9.84 Å². The summed E-state index contributed by atoms with van der Waals surface area (Å²) in [5, 5.41) is 9.09. The minimum Gasteiger partial charge on any atom is -0.218 e. The normalized spacial score (nSPS) is 12.7. The second-order valence-corrected chi connectivity index (χ2v) is 6.47. The topological polar surface area (TPSA) is 57.9 Å². The second-order valence-electron chi connectivity index (χ2n) is 4.56. The van der Waals surface area contributed by atoms with Crippen LogP contribution < -0.4 is 0 Å². The quantitative estimate of drug-likeness (QED) is 0.794. The van der Waals surface area contributed by atoms with Crippen molar-refractivity contribution < 1.29 is 21.6 Å². The Morgan fingerprint density at radius 2 is 1.57 bits per heavy atom. The number of alkyl halides is 3. The Morgan fingerprint density at radius 1 is 1.00 bits per heavy atom. The van der Waals surface area contributed by atoms with Crippen molar-refractivity contribution >= 4 is 15.9 Å². The van der Waals surface area contributed by atoms with Gasteiger partial charge in [0.1, 0.15) is 11.0 Å². The third-order valence-corrected chi connectivity index (χ3v) is 4.67. The molecule has 0 saturated heterocycles. The molecule has 0 N–H and O–H groups in total. The first-order valence-corrected chi connectivity index (χ1v) is 7.82. The van der Waals surface area contributed by atoms with Gasteiger partial charge in [-0.05, 0) is 35.9 Å². The lowest BCUT2D eigenvalue weighted by molar-refractivity contribution is -0.137. The first-order valence-electron chi connectivity index (χ1n) is 6.34. The molecule has 0 aliphatic carbocycles. The van der Waals surface area contributed by atoms with Crippen LogP contribution in [0.4, 0.5) is 13.2 Å². The molecule has 0 spiro atoms. The van der Waals surface area contributed by atoms with Crippen molar-refractivity contribution in [3.8, 4) is 6.07 Å². The Labute approximate surface area is 131 Å². The van der Waals surface area contributed by atoms with Gasteiger partial charge in [-0.2, -0.15) is 18.4 Å². The van der Waals surface area contributed by atoms with Gasteiger partial charge < -0.3 is 0 Å². The van der Waals surface area contributed by atoms with E-state index in [-0.39, 0.29) is 10.5 Å².